The summed E-state index contributed by atoms with van der Waals surface area (Å²) in [5, 5.41) is 5.49. The Morgan fingerprint density at radius 1 is 1.19 bits per heavy atom. The molecule has 0 spiro atoms. The van der Waals surface area contributed by atoms with E-state index in [1.165, 1.54) is 0 Å². The second kappa shape index (κ2) is 8.84. The zero-order valence-corrected chi connectivity index (χ0v) is 19.2. The summed E-state index contributed by atoms with van der Waals surface area (Å²) in [7, 11) is 3.54. The van der Waals surface area contributed by atoms with E-state index >= 15 is 0 Å². The van der Waals surface area contributed by atoms with E-state index in [2.05, 4.69) is 20.1 Å². The fraction of sp³-hybridized carbons (Fsp3) is 0.773. The Morgan fingerprint density at radius 2 is 1.84 bits per heavy atom. The van der Waals surface area contributed by atoms with Crippen LogP contribution in [0.5, 0.6) is 0 Å². The second-order valence-electron chi connectivity index (χ2n) is 10.0. The molecule has 2 N–H and O–H groups in total. The molecule has 1 aromatic rings. The van der Waals surface area contributed by atoms with Crippen molar-refractivity contribution in [3.8, 4) is 0 Å². The van der Waals surface area contributed by atoms with Crippen LogP contribution in [0, 0.1) is 5.41 Å². The van der Waals surface area contributed by atoms with Crippen molar-refractivity contribution in [1.82, 2.24) is 25.1 Å². The number of imidazole rings is 1. The Morgan fingerprint density at radius 3 is 2.42 bits per heavy atom. The number of nitrogens with one attached hydrogen (secondary N) is 2. The molecule has 1 saturated carbocycles. The van der Waals surface area contributed by atoms with Crippen LogP contribution in [0.15, 0.2) is 0 Å². The summed E-state index contributed by atoms with van der Waals surface area (Å²) in [5.74, 6) is -2.62. The first-order valence-electron chi connectivity index (χ1n) is 11.1. The third kappa shape index (κ3) is 5.25. The summed E-state index contributed by atoms with van der Waals surface area (Å²) < 4.78 is 29.5. The van der Waals surface area contributed by atoms with Crippen LogP contribution >= 0.6 is 0 Å². The van der Waals surface area contributed by atoms with Gasteiger partial charge in [-0.1, -0.05) is 20.8 Å². The third-order valence-corrected chi connectivity index (χ3v) is 6.39. The quantitative estimate of drug-likeness (QED) is 0.756. The topological polar surface area (TPSA) is 79.3 Å². The number of alkyl halides is 2. The molecule has 2 amide bonds. The Kier molecular flexibility index (Phi) is 6.74. The van der Waals surface area contributed by atoms with Crippen LogP contribution in [0.3, 0.4) is 0 Å². The summed E-state index contributed by atoms with van der Waals surface area (Å²) >= 11 is 0. The molecule has 1 aliphatic carbocycles. The van der Waals surface area contributed by atoms with Gasteiger partial charge < -0.3 is 20.1 Å². The normalized spacial score (nSPS) is 21.1. The molecular weight excluding hydrogens is 404 g/mol. The lowest BCUT2D eigenvalue weighted by Gasteiger charge is -2.29. The van der Waals surface area contributed by atoms with Gasteiger partial charge in [0.1, 0.15) is 11.9 Å². The predicted octanol–water partition coefficient (Wildman–Crippen LogP) is 2.90. The van der Waals surface area contributed by atoms with Gasteiger partial charge in [-0.15, -0.1) is 0 Å². The molecule has 1 atom stereocenters. The van der Waals surface area contributed by atoms with E-state index in [1.807, 2.05) is 27.8 Å². The highest BCUT2D eigenvalue weighted by Gasteiger charge is 2.39. The molecule has 174 valence electrons. The number of fused-ring (bicyclic) bond motifs is 1. The van der Waals surface area contributed by atoms with Crippen molar-refractivity contribution in [2.75, 3.05) is 20.6 Å². The number of carbonyl (C=O) groups is 2. The van der Waals surface area contributed by atoms with E-state index in [0.29, 0.717) is 31.6 Å². The predicted molar refractivity (Wildman–Crippen MR) is 114 cm³/mol. The van der Waals surface area contributed by atoms with Gasteiger partial charge in [0.15, 0.2) is 5.69 Å². The first-order chi connectivity index (χ1) is 14.4. The van der Waals surface area contributed by atoms with Gasteiger partial charge in [0.05, 0.1) is 5.69 Å². The van der Waals surface area contributed by atoms with Crippen LogP contribution in [0.25, 0.3) is 0 Å². The van der Waals surface area contributed by atoms with Crippen LogP contribution in [0.1, 0.15) is 80.8 Å². The molecule has 1 aliphatic heterocycles. The van der Waals surface area contributed by atoms with Crippen molar-refractivity contribution in [3.63, 3.8) is 0 Å². The molecule has 1 fully saturated rings. The first-order valence-corrected chi connectivity index (χ1v) is 11.1. The van der Waals surface area contributed by atoms with Gasteiger partial charge in [-0.3, -0.25) is 9.59 Å². The summed E-state index contributed by atoms with van der Waals surface area (Å²) in [6.07, 6.45) is 1.33. The van der Waals surface area contributed by atoms with Crippen molar-refractivity contribution in [1.29, 1.82) is 0 Å². The number of hydrogen-bond acceptors (Lipinski definition) is 4. The number of aromatic nitrogens is 2. The van der Waals surface area contributed by atoms with Gasteiger partial charge in [-0.2, -0.15) is 0 Å². The fourth-order valence-corrected chi connectivity index (χ4v) is 4.56. The first kappa shape index (κ1) is 23.6. The van der Waals surface area contributed by atoms with Gasteiger partial charge in [-0.25, -0.2) is 13.8 Å². The van der Waals surface area contributed by atoms with E-state index in [1.54, 1.807) is 7.05 Å². The highest BCUT2D eigenvalue weighted by Crippen LogP contribution is 2.41. The fourth-order valence-electron chi connectivity index (χ4n) is 4.56. The van der Waals surface area contributed by atoms with Gasteiger partial charge >= 0.3 is 0 Å². The maximum atomic E-state index is 13.7. The van der Waals surface area contributed by atoms with Gasteiger partial charge in [0.2, 0.25) is 11.8 Å². The number of carbonyl (C=O) groups excluding carboxylic acids is 2. The lowest BCUT2D eigenvalue weighted by atomic mass is 9.86. The van der Waals surface area contributed by atoms with E-state index in [9.17, 15) is 18.4 Å². The number of rotatable bonds is 4. The van der Waals surface area contributed by atoms with Crippen molar-refractivity contribution >= 4 is 11.8 Å². The Balaban J connectivity index is 1.95. The molecule has 0 radical (unpaired) electrons. The maximum absolute atomic E-state index is 13.7. The Labute approximate surface area is 183 Å². The summed E-state index contributed by atoms with van der Waals surface area (Å²) in [6.45, 7) is 7.82. The summed E-state index contributed by atoms with van der Waals surface area (Å²) in [4.78, 5) is 32.6. The minimum absolute atomic E-state index is 0.0827. The molecule has 1 unspecified atom stereocenters. The van der Waals surface area contributed by atoms with Gasteiger partial charge in [0, 0.05) is 38.9 Å². The van der Waals surface area contributed by atoms with Crippen LogP contribution in [-0.4, -0.2) is 58.9 Å². The monoisotopic (exact) mass is 439 g/mol. The lowest BCUT2D eigenvalue weighted by Crippen LogP contribution is -2.53. The molecular formula is C22H35F2N5O2. The third-order valence-electron chi connectivity index (χ3n) is 6.39. The molecule has 7 nitrogen and oxygen atoms in total. The number of likely N-dealkylation sites (N-methyl/N-ethyl adjacent to an activating group) is 1. The van der Waals surface area contributed by atoms with Crippen LogP contribution < -0.4 is 10.6 Å². The average Bonchev–Trinajstić information content (AvgIpc) is 2.91. The maximum Gasteiger partial charge on any atom is 0.272 e. The molecule has 0 aromatic carbocycles. The van der Waals surface area contributed by atoms with Crippen molar-refractivity contribution < 1.29 is 18.4 Å². The molecule has 9 heteroatoms. The minimum atomic E-state index is -2.61. The highest BCUT2D eigenvalue weighted by atomic mass is 19.3. The lowest BCUT2D eigenvalue weighted by molar-refractivity contribution is -0.124. The smallest absolute Gasteiger partial charge is 0.272 e. The Hall–Kier alpha value is -2.03. The number of nitrogens with zero attached hydrogens (tertiary/aromatic N) is 3. The van der Waals surface area contributed by atoms with Gasteiger partial charge in [0.25, 0.3) is 5.91 Å². The van der Waals surface area contributed by atoms with Crippen LogP contribution in [0.2, 0.25) is 0 Å². The molecule has 0 saturated heterocycles. The second-order valence-corrected chi connectivity index (χ2v) is 10.0. The van der Waals surface area contributed by atoms with Crippen molar-refractivity contribution in [3.05, 3.63) is 17.2 Å². The zero-order chi connectivity index (χ0) is 23.0. The Bertz CT molecular complexity index is 821. The summed E-state index contributed by atoms with van der Waals surface area (Å²) in [5.41, 5.74) is 0.620. The van der Waals surface area contributed by atoms with Crippen molar-refractivity contribution in [2.45, 2.75) is 83.8 Å². The van der Waals surface area contributed by atoms with E-state index in [0.717, 1.165) is 24.5 Å². The van der Waals surface area contributed by atoms with Crippen LogP contribution in [-0.2, 0) is 17.9 Å². The number of halogens is 2. The van der Waals surface area contributed by atoms with E-state index < -0.39 is 23.3 Å². The van der Waals surface area contributed by atoms with E-state index in [4.69, 9.17) is 4.98 Å². The van der Waals surface area contributed by atoms with Crippen LogP contribution in [0.4, 0.5) is 8.78 Å². The summed E-state index contributed by atoms with van der Waals surface area (Å²) in [6, 6.07) is -0.720. The number of hydrogen-bond donors (Lipinski definition) is 2. The molecule has 2 aliphatic rings. The average molecular weight is 440 g/mol. The SMILES string of the molecule is CNC(=O)C(NC(=O)c1nc(C2CCC(F)(F)CC2)n2c1CN(C)CCC2)C(C)(C)C. The molecule has 1 aromatic heterocycles. The largest absolute Gasteiger partial charge is 0.357 e. The number of amides is 2. The molecule has 2 heterocycles. The molecule has 0 bridgehead atoms. The van der Waals surface area contributed by atoms with Crippen molar-refractivity contribution in [2.24, 2.45) is 5.41 Å². The standard InChI is InChI=1S/C22H35F2N5O2/c1-21(2,3)17(20(31)25-4)27-19(30)16-15-13-28(5)11-6-12-29(15)18(26-16)14-7-9-22(23,24)10-8-14/h14,17H,6-13H2,1-5H3,(H,25,31)(H,27,30). The van der Waals surface area contributed by atoms with E-state index in [-0.39, 0.29) is 24.7 Å². The minimum Gasteiger partial charge on any atom is -0.357 e. The molecule has 3 rings (SSSR count). The van der Waals surface area contributed by atoms with Gasteiger partial charge in [-0.05, 0) is 38.3 Å². The highest BCUT2D eigenvalue weighted by molar-refractivity contribution is 5.97. The zero-order valence-electron chi connectivity index (χ0n) is 19.2. The molecule has 31 heavy (non-hydrogen) atoms.